The standard InChI is InChI=1S/C16H21NO2S/c1-16(2,3)20(18,19)11-15(17)14-9-8-12-6-4-5-7-13(12)10-14/h4-10,15H,11,17H2,1-3H3. The molecule has 0 spiro atoms. The number of hydrogen-bond acceptors (Lipinski definition) is 3. The van der Waals surface area contributed by atoms with E-state index < -0.39 is 20.6 Å². The maximum atomic E-state index is 12.2. The summed E-state index contributed by atoms with van der Waals surface area (Å²) in [7, 11) is -3.22. The van der Waals surface area contributed by atoms with Crippen molar-refractivity contribution in [2.75, 3.05) is 5.75 Å². The summed E-state index contributed by atoms with van der Waals surface area (Å²) in [5.74, 6) is -0.0329. The Morgan fingerprint density at radius 1 is 1.05 bits per heavy atom. The number of fused-ring (bicyclic) bond motifs is 1. The lowest BCUT2D eigenvalue weighted by Gasteiger charge is -2.22. The monoisotopic (exact) mass is 291 g/mol. The van der Waals surface area contributed by atoms with Crippen molar-refractivity contribution in [2.45, 2.75) is 31.6 Å². The van der Waals surface area contributed by atoms with Gasteiger partial charge in [0.25, 0.3) is 0 Å². The van der Waals surface area contributed by atoms with Crippen molar-refractivity contribution in [3.05, 3.63) is 48.0 Å². The zero-order chi connectivity index (χ0) is 15.0. The van der Waals surface area contributed by atoms with E-state index in [4.69, 9.17) is 5.73 Å². The molecule has 0 amide bonds. The third-order valence-electron chi connectivity index (χ3n) is 3.53. The van der Waals surface area contributed by atoms with Crippen molar-refractivity contribution in [2.24, 2.45) is 5.73 Å². The second-order valence-corrected chi connectivity index (χ2v) is 8.89. The van der Waals surface area contributed by atoms with E-state index in [0.717, 1.165) is 16.3 Å². The quantitative estimate of drug-likeness (QED) is 0.945. The van der Waals surface area contributed by atoms with Crippen LogP contribution in [0.15, 0.2) is 42.5 Å². The van der Waals surface area contributed by atoms with E-state index in [2.05, 4.69) is 0 Å². The van der Waals surface area contributed by atoms with Gasteiger partial charge in [-0.2, -0.15) is 0 Å². The van der Waals surface area contributed by atoms with Crippen molar-refractivity contribution in [3.8, 4) is 0 Å². The van der Waals surface area contributed by atoms with Gasteiger partial charge in [-0.25, -0.2) is 8.42 Å². The van der Waals surface area contributed by atoms with Crippen LogP contribution in [-0.4, -0.2) is 18.9 Å². The number of hydrogen-bond donors (Lipinski definition) is 1. The molecule has 0 fully saturated rings. The molecule has 0 aromatic heterocycles. The summed E-state index contributed by atoms with van der Waals surface area (Å²) >= 11 is 0. The van der Waals surface area contributed by atoms with E-state index in [1.807, 2.05) is 42.5 Å². The molecule has 2 aromatic rings. The topological polar surface area (TPSA) is 60.2 Å². The zero-order valence-electron chi connectivity index (χ0n) is 12.1. The molecule has 0 radical (unpaired) electrons. The SMILES string of the molecule is CC(C)(C)S(=O)(=O)CC(N)c1ccc2ccccc2c1. The van der Waals surface area contributed by atoms with Crippen LogP contribution in [0.2, 0.25) is 0 Å². The molecule has 2 rings (SSSR count). The van der Waals surface area contributed by atoms with Gasteiger partial charge in [0.2, 0.25) is 0 Å². The van der Waals surface area contributed by atoms with Crippen LogP contribution in [0.1, 0.15) is 32.4 Å². The molecule has 0 aliphatic rings. The van der Waals surface area contributed by atoms with Crippen molar-refractivity contribution >= 4 is 20.6 Å². The van der Waals surface area contributed by atoms with E-state index >= 15 is 0 Å². The Hall–Kier alpha value is -1.39. The second-order valence-electron chi connectivity index (χ2n) is 6.11. The molecule has 0 heterocycles. The van der Waals surface area contributed by atoms with Crippen molar-refractivity contribution in [1.29, 1.82) is 0 Å². The van der Waals surface area contributed by atoms with Crippen LogP contribution in [0.25, 0.3) is 10.8 Å². The maximum Gasteiger partial charge on any atom is 0.157 e. The van der Waals surface area contributed by atoms with Gasteiger partial charge in [0.05, 0.1) is 10.5 Å². The van der Waals surface area contributed by atoms with Crippen LogP contribution in [0, 0.1) is 0 Å². The molecular formula is C16H21NO2S. The Bertz CT molecular complexity index is 715. The molecule has 2 aromatic carbocycles. The van der Waals surface area contributed by atoms with E-state index in [9.17, 15) is 8.42 Å². The van der Waals surface area contributed by atoms with Gasteiger partial charge in [-0.05, 0) is 43.2 Å². The third-order valence-corrected chi connectivity index (χ3v) is 6.20. The number of rotatable bonds is 3. The molecule has 0 aliphatic carbocycles. The molecule has 0 saturated heterocycles. The fourth-order valence-corrected chi connectivity index (χ4v) is 3.19. The summed E-state index contributed by atoms with van der Waals surface area (Å²) in [6.07, 6.45) is 0. The first-order valence-corrected chi connectivity index (χ1v) is 8.32. The summed E-state index contributed by atoms with van der Waals surface area (Å²) < 4.78 is 23.7. The minimum Gasteiger partial charge on any atom is -0.323 e. The van der Waals surface area contributed by atoms with Gasteiger partial charge in [0, 0.05) is 6.04 Å². The lowest BCUT2D eigenvalue weighted by atomic mass is 10.0. The predicted molar refractivity (Wildman–Crippen MR) is 84.4 cm³/mol. The summed E-state index contributed by atoms with van der Waals surface area (Å²) in [4.78, 5) is 0. The van der Waals surface area contributed by atoms with Gasteiger partial charge in [0.1, 0.15) is 0 Å². The highest BCUT2D eigenvalue weighted by atomic mass is 32.2. The average Bonchev–Trinajstić information content (AvgIpc) is 2.36. The smallest absolute Gasteiger partial charge is 0.157 e. The highest BCUT2D eigenvalue weighted by Crippen LogP contribution is 2.24. The lowest BCUT2D eigenvalue weighted by Crippen LogP contribution is -2.34. The fraction of sp³-hybridized carbons (Fsp3) is 0.375. The molecule has 0 saturated carbocycles. The minimum atomic E-state index is -3.22. The first-order chi connectivity index (χ1) is 9.21. The Morgan fingerprint density at radius 3 is 2.25 bits per heavy atom. The Kier molecular flexibility index (Phi) is 3.89. The molecule has 3 nitrogen and oxygen atoms in total. The van der Waals surface area contributed by atoms with Crippen molar-refractivity contribution in [3.63, 3.8) is 0 Å². The maximum absolute atomic E-state index is 12.2. The van der Waals surface area contributed by atoms with Crippen LogP contribution in [-0.2, 0) is 9.84 Å². The summed E-state index contributed by atoms with van der Waals surface area (Å²) in [6, 6.07) is 13.3. The summed E-state index contributed by atoms with van der Waals surface area (Å²) in [6.45, 7) is 5.11. The fourth-order valence-electron chi connectivity index (χ4n) is 2.02. The van der Waals surface area contributed by atoms with Crippen LogP contribution in [0.5, 0.6) is 0 Å². The predicted octanol–water partition coefficient (Wildman–Crippen LogP) is 3.05. The van der Waals surface area contributed by atoms with E-state index in [1.165, 1.54) is 0 Å². The molecule has 0 bridgehead atoms. The second kappa shape index (κ2) is 5.19. The van der Waals surface area contributed by atoms with Gasteiger partial charge in [0.15, 0.2) is 9.84 Å². The van der Waals surface area contributed by atoms with Gasteiger partial charge in [-0.3, -0.25) is 0 Å². The number of sulfone groups is 1. The Balaban J connectivity index is 2.30. The lowest BCUT2D eigenvalue weighted by molar-refractivity contribution is 0.553. The van der Waals surface area contributed by atoms with Crippen LogP contribution < -0.4 is 5.73 Å². The van der Waals surface area contributed by atoms with E-state index in [0.29, 0.717) is 0 Å². The normalized spacial score (nSPS) is 14.4. The first-order valence-electron chi connectivity index (χ1n) is 6.67. The van der Waals surface area contributed by atoms with Crippen LogP contribution >= 0.6 is 0 Å². The van der Waals surface area contributed by atoms with Gasteiger partial charge in [-0.1, -0.05) is 36.4 Å². The first kappa shape index (κ1) is 15.0. The van der Waals surface area contributed by atoms with Gasteiger partial charge in [-0.15, -0.1) is 0 Å². The molecule has 1 atom stereocenters. The van der Waals surface area contributed by atoms with Crippen molar-refractivity contribution < 1.29 is 8.42 Å². The Labute approximate surface area is 120 Å². The highest BCUT2D eigenvalue weighted by molar-refractivity contribution is 7.92. The number of nitrogens with two attached hydrogens (primary N) is 1. The van der Waals surface area contributed by atoms with Gasteiger partial charge >= 0.3 is 0 Å². The number of benzene rings is 2. The molecule has 1 unspecified atom stereocenters. The van der Waals surface area contributed by atoms with E-state index in [-0.39, 0.29) is 5.75 Å². The van der Waals surface area contributed by atoms with E-state index in [1.54, 1.807) is 20.8 Å². The molecule has 4 heteroatoms. The molecule has 2 N–H and O–H groups in total. The van der Waals surface area contributed by atoms with Crippen LogP contribution in [0.4, 0.5) is 0 Å². The van der Waals surface area contributed by atoms with Crippen molar-refractivity contribution in [1.82, 2.24) is 0 Å². The average molecular weight is 291 g/mol. The summed E-state index contributed by atoms with van der Waals surface area (Å²) in [5.41, 5.74) is 6.95. The summed E-state index contributed by atoms with van der Waals surface area (Å²) in [5, 5.41) is 2.20. The van der Waals surface area contributed by atoms with Gasteiger partial charge < -0.3 is 5.73 Å². The molecule has 20 heavy (non-hydrogen) atoms. The molecule has 108 valence electrons. The highest BCUT2D eigenvalue weighted by Gasteiger charge is 2.31. The molecular weight excluding hydrogens is 270 g/mol. The molecule has 0 aliphatic heterocycles. The third kappa shape index (κ3) is 3.02. The zero-order valence-corrected chi connectivity index (χ0v) is 12.9. The minimum absolute atomic E-state index is 0.0329. The largest absolute Gasteiger partial charge is 0.323 e. The Morgan fingerprint density at radius 2 is 1.65 bits per heavy atom. The van der Waals surface area contributed by atoms with Crippen LogP contribution in [0.3, 0.4) is 0 Å².